The maximum absolute atomic E-state index is 12.2. The topological polar surface area (TPSA) is 71.3 Å². The van der Waals surface area contributed by atoms with Crippen molar-refractivity contribution in [3.05, 3.63) is 54.0 Å². The van der Waals surface area contributed by atoms with E-state index in [1.807, 2.05) is 12.1 Å². The number of thioether (sulfide) groups is 1. The zero-order valence-corrected chi connectivity index (χ0v) is 13.4. The number of rotatable bonds is 7. The molecule has 1 aliphatic carbocycles. The summed E-state index contributed by atoms with van der Waals surface area (Å²) in [6.45, 7) is 0. The Bertz CT molecular complexity index is 681. The fourth-order valence-electron chi connectivity index (χ4n) is 2.11. The van der Waals surface area contributed by atoms with E-state index in [4.69, 9.17) is 4.42 Å². The third-order valence-corrected chi connectivity index (χ3v) is 4.37. The van der Waals surface area contributed by atoms with E-state index in [1.165, 1.54) is 11.8 Å². The van der Waals surface area contributed by atoms with Crippen LogP contribution in [0.2, 0.25) is 0 Å². The number of hydrogen-bond acceptors (Lipinski definition) is 4. The minimum absolute atomic E-state index is 0.131. The van der Waals surface area contributed by atoms with Crippen molar-refractivity contribution in [2.75, 3.05) is 11.1 Å². The molecule has 0 saturated heterocycles. The van der Waals surface area contributed by atoms with E-state index >= 15 is 0 Å². The van der Waals surface area contributed by atoms with Crippen LogP contribution in [0, 0.1) is 0 Å². The molecule has 5 nitrogen and oxygen atoms in total. The second kappa shape index (κ2) is 7.37. The molecule has 1 saturated carbocycles. The monoisotopic (exact) mass is 330 g/mol. The van der Waals surface area contributed by atoms with Crippen molar-refractivity contribution in [2.45, 2.75) is 24.6 Å². The van der Waals surface area contributed by atoms with Crippen molar-refractivity contribution >= 4 is 29.3 Å². The summed E-state index contributed by atoms with van der Waals surface area (Å²) in [6, 6.07) is 11.1. The van der Waals surface area contributed by atoms with Gasteiger partial charge in [0.1, 0.15) is 5.76 Å². The predicted octanol–water partition coefficient (Wildman–Crippen LogP) is 3.04. The lowest BCUT2D eigenvalue weighted by Gasteiger charge is -2.11. The van der Waals surface area contributed by atoms with Crippen molar-refractivity contribution in [2.24, 2.45) is 0 Å². The molecular formula is C17H18N2O3S. The second-order valence-electron chi connectivity index (χ2n) is 5.41. The van der Waals surface area contributed by atoms with E-state index in [1.54, 1.807) is 30.5 Å². The number of para-hydroxylation sites is 1. The average molecular weight is 330 g/mol. The summed E-state index contributed by atoms with van der Waals surface area (Å²) in [6.07, 6.45) is 3.68. The van der Waals surface area contributed by atoms with Crippen LogP contribution in [0.25, 0.3) is 0 Å². The van der Waals surface area contributed by atoms with Crippen LogP contribution in [0.15, 0.2) is 47.1 Å². The van der Waals surface area contributed by atoms with Gasteiger partial charge in [0, 0.05) is 6.04 Å². The van der Waals surface area contributed by atoms with Crippen LogP contribution in [-0.4, -0.2) is 23.6 Å². The molecule has 0 atom stereocenters. The van der Waals surface area contributed by atoms with Gasteiger partial charge in [-0.25, -0.2) is 0 Å². The largest absolute Gasteiger partial charge is 0.468 e. The predicted molar refractivity (Wildman–Crippen MR) is 90.4 cm³/mol. The Kier molecular flexibility index (Phi) is 5.02. The maximum Gasteiger partial charge on any atom is 0.253 e. The molecule has 0 radical (unpaired) electrons. The molecule has 0 unspecified atom stereocenters. The van der Waals surface area contributed by atoms with Gasteiger partial charge in [-0.3, -0.25) is 9.59 Å². The molecule has 1 fully saturated rings. The Morgan fingerprint density at radius 3 is 2.74 bits per heavy atom. The highest BCUT2D eigenvalue weighted by atomic mass is 32.2. The number of amides is 2. The van der Waals surface area contributed by atoms with Gasteiger partial charge in [0.25, 0.3) is 5.91 Å². The number of carbonyl (C=O) groups is 2. The smallest absolute Gasteiger partial charge is 0.253 e. The molecule has 1 aromatic carbocycles. The molecule has 1 heterocycles. The van der Waals surface area contributed by atoms with E-state index in [0.717, 1.165) is 18.6 Å². The SMILES string of the molecule is O=C(CSCc1ccco1)Nc1ccccc1C(=O)NC1CC1. The van der Waals surface area contributed by atoms with Crippen LogP contribution in [0.5, 0.6) is 0 Å². The zero-order valence-electron chi connectivity index (χ0n) is 12.6. The molecular weight excluding hydrogens is 312 g/mol. The lowest BCUT2D eigenvalue weighted by Crippen LogP contribution is -2.27. The highest BCUT2D eigenvalue weighted by molar-refractivity contribution is 7.99. The van der Waals surface area contributed by atoms with Gasteiger partial charge >= 0.3 is 0 Å². The fourth-order valence-corrected chi connectivity index (χ4v) is 2.83. The van der Waals surface area contributed by atoms with E-state index in [0.29, 0.717) is 22.8 Å². The number of nitrogens with one attached hydrogen (secondary N) is 2. The third kappa shape index (κ3) is 4.63. The van der Waals surface area contributed by atoms with Crippen molar-refractivity contribution in [1.82, 2.24) is 5.32 Å². The van der Waals surface area contributed by atoms with Crippen molar-refractivity contribution in [3.63, 3.8) is 0 Å². The van der Waals surface area contributed by atoms with Gasteiger partial charge in [0.2, 0.25) is 5.91 Å². The standard InChI is InChI=1S/C17H18N2O3S/c20-16(11-23-10-13-4-3-9-22-13)19-15-6-2-1-5-14(15)17(21)18-12-7-8-12/h1-6,9,12H,7-8,10-11H2,(H,18,21)(H,19,20). The summed E-state index contributed by atoms with van der Waals surface area (Å²) in [4.78, 5) is 24.2. The van der Waals surface area contributed by atoms with Crippen molar-refractivity contribution in [1.29, 1.82) is 0 Å². The van der Waals surface area contributed by atoms with Gasteiger partial charge in [-0.15, -0.1) is 11.8 Å². The highest BCUT2D eigenvalue weighted by Crippen LogP contribution is 2.22. The zero-order chi connectivity index (χ0) is 16.1. The number of benzene rings is 1. The van der Waals surface area contributed by atoms with Gasteiger partial charge in [-0.1, -0.05) is 12.1 Å². The van der Waals surface area contributed by atoms with Crippen LogP contribution in [0.3, 0.4) is 0 Å². The van der Waals surface area contributed by atoms with Gasteiger partial charge in [0.15, 0.2) is 0 Å². The summed E-state index contributed by atoms with van der Waals surface area (Å²) >= 11 is 1.47. The Hall–Kier alpha value is -2.21. The molecule has 120 valence electrons. The molecule has 2 aromatic rings. The first-order valence-electron chi connectivity index (χ1n) is 7.52. The summed E-state index contributed by atoms with van der Waals surface area (Å²) in [5, 5.41) is 5.75. The molecule has 0 aliphatic heterocycles. The van der Waals surface area contributed by atoms with Gasteiger partial charge in [-0.05, 0) is 37.1 Å². The minimum Gasteiger partial charge on any atom is -0.468 e. The normalized spacial score (nSPS) is 13.6. The Morgan fingerprint density at radius 1 is 1.17 bits per heavy atom. The Balaban J connectivity index is 1.54. The van der Waals surface area contributed by atoms with Gasteiger partial charge < -0.3 is 15.1 Å². The molecule has 6 heteroatoms. The number of carbonyl (C=O) groups excluding carboxylic acids is 2. The van der Waals surface area contributed by atoms with Gasteiger partial charge in [0.05, 0.1) is 29.0 Å². The Morgan fingerprint density at radius 2 is 2.00 bits per heavy atom. The molecule has 1 aliphatic rings. The van der Waals surface area contributed by atoms with Crippen LogP contribution in [0.1, 0.15) is 29.0 Å². The van der Waals surface area contributed by atoms with E-state index in [-0.39, 0.29) is 17.9 Å². The summed E-state index contributed by atoms with van der Waals surface area (Å²) in [7, 11) is 0. The van der Waals surface area contributed by atoms with Crippen LogP contribution < -0.4 is 10.6 Å². The Labute approximate surface area is 138 Å². The first-order chi connectivity index (χ1) is 11.2. The summed E-state index contributed by atoms with van der Waals surface area (Å²) < 4.78 is 5.22. The van der Waals surface area contributed by atoms with E-state index in [2.05, 4.69) is 10.6 Å². The quantitative estimate of drug-likeness (QED) is 0.818. The van der Waals surface area contributed by atoms with Crippen LogP contribution >= 0.6 is 11.8 Å². The number of anilines is 1. The third-order valence-electron chi connectivity index (χ3n) is 3.42. The minimum atomic E-state index is -0.133. The van der Waals surface area contributed by atoms with Crippen LogP contribution in [0.4, 0.5) is 5.69 Å². The number of hydrogen-bond donors (Lipinski definition) is 2. The van der Waals surface area contributed by atoms with E-state index < -0.39 is 0 Å². The molecule has 2 amide bonds. The lowest BCUT2D eigenvalue weighted by molar-refractivity contribution is -0.113. The lowest BCUT2D eigenvalue weighted by atomic mass is 10.1. The molecule has 3 rings (SSSR count). The summed E-state index contributed by atoms with van der Waals surface area (Å²) in [5.74, 6) is 1.52. The highest BCUT2D eigenvalue weighted by Gasteiger charge is 2.24. The molecule has 0 spiro atoms. The molecule has 0 bridgehead atoms. The molecule has 2 N–H and O–H groups in total. The van der Waals surface area contributed by atoms with Crippen molar-refractivity contribution in [3.8, 4) is 0 Å². The second-order valence-corrected chi connectivity index (χ2v) is 6.40. The van der Waals surface area contributed by atoms with Gasteiger partial charge in [-0.2, -0.15) is 0 Å². The van der Waals surface area contributed by atoms with Crippen molar-refractivity contribution < 1.29 is 14.0 Å². The van der Waals surface area contributed by atoms with E-state index in [9.17, 15) is 9.59 Å². The first-order valence-corrected chi connectivity index (χ1v) is 8.68. The first kappa shape index (κ1) is 15.7. The number of furan rings is 1. The van der Waals surface area contributed by atoms with Crippen LogP contribution in [-0.2, 0) is 10.5 Å². The molecule has 1 aromatic heterocycles. The molecule has 23 heavy (non-hydrogen) atoms. The average Bonchev–Trinajstić information content (AvgIpc) is 3.20. The summed E-state index contributed by atoms with van der Waals surface area (Å²) in [5.41, 5.74) is 1.05. The fraction of sp³-hybridized carbons (Fsp3) is 0.294. The maximum atomic E-state index is 12.2.